The van der Waals surface area contributed by atoms with Crippen LogP contribution in [0.25, 0.3) is 0 Å². The standard InChI is InChI=1S/C23H28Cl2N2O2/c1-16-12-17(14-26-23(28)18-6-7-21(24)22(25)13-18)4-5-19(16)15-27(2,3)20-8-10-29-11-9-20/h4-7,12-13,20H,8-11,14-15H2,1-3H3/p+1. The van der Waals surface area contributed by atoms with Gasteiger partial charge in [-0.3, -0.25) is 4.79 Å². The summed E-state index contributed by atoms with van der Waals surface area (Å²) in [6.45, 7) is 5.33. The van der Waals surface area contributed by atoms with Crippen LogP contribution in [-0.2, 0) is 17.8 Å². The second-order valence-electron chi connectivity index (χ2n) is 8.35. The Kier molecular flexibility index (Phi) is 7.23. The van der Waals surface area contributed by atoms with E-state index in [4.69, 9.17) is 27.9 Å². The highest BCUT2D eigenvalue weighted by Crippen LogP contribution is 2.24. The van der Waals surface area contributed by atoms with Crippen LogP contribution in [0.2, 0.25) is 10.0 Å². The molecule has 1 fully saturated rings. The molecule has 1 aliphatic rings. The average molecular weight is 436 g/mol. The molecule has 1 aliphatic heterocycles. The van der Waals surface area contributed by atoms with E-state index in [9.17, 15) is 4.79 Å². The lowest BCUT2D eigenvalue weighted by Gasteiger charge is -2.40. The first kappa shape index (κ1) is 22.1. The maximum Gasteiger partial charge on any atom is 0.251 e. The summed E-state index contributed by atoms with van der Waals surface area (Å²) >= 11 is 11.9. The van der Waals surface area contributed by atoms with Gasteiger partial charge in [0.05, 0.1) is 43.4 Å². The van der Waals surface area contributed by atoms with Crippen LogP contribution in [0.1, 0.15) is 39.9 Å². The van der Waals surface area contributed by atoms with Crippen molar-refractivity contribution >= 4 is 29.1 Å². The molecule has 1 saturated heterocycles. The Balaban J connectivity index is 1.61. The highest BCUT2D eigenvalue weighted by Gasteiger charge is 2.30. The van der Waals surface area contributed by atoms with Crippen LogP contribution in [0.5, 0.6) is 0 Å². The molecule has 29 heavy (non-hydrogen) atoms. The number of quaternary nitrogens is 1. The van der Waals surface area contributed by atoms with E-state index in [0.29, 0.717) is 28.2 Å². The average Bonchev–Trinajstić information content (AvgIpc) is 2.70. The second-order valence-corrected chi connectivity index (χ2v) is 9.17. The van der Waals surface area contributed by atoms with E-state index < -0.39 is 0 Å². The summed E-state index contributed by atoms with van der Waals surface area (Å²) in [6, 6.07) is 12.0. The first-order chi connectivity index (χ1) is 13.8. The first-order valence-electron chi connectivity index (χ1n) is 9.98. The van der Waals surface area contributed by atoms with E-state index in [0.717, 1.165) is 42.6 Å². The molecule has 3 rings (SSSR count). The minimum absolute atomic E-state index is 0.164. The number of hydrogen-bond acceptors (Lipinski definition) is 2. The molecule has 156 valence electrons. The van der Waals surface area contributed by atoms with Gasteiger partial charge in [0.15, 0.2) is 0 Å². The van der Waals surface area contributed by atoms with Crippen molar-refractivity contribution in [1.29, 1.82) is 0 Å². The summed E-state index contributed by atoms with van der Waals surface area (Å²) in [5.41, 5.74) is 4.19. The SMILES string of the molecule is Cc1cc(CNC(=O)c2ccc(Cl)c(Cl)c2)ccc1C[N+](C)(C)C1CCOCC1. The van der Waals surface area contributed by atoms with Crippen molar-refractivity contribution in [3.8, 4) is 0 Å². The summed E-state index contributed by atoms with van der Waals surface area (Å²) in [4.78, 5) is 12.4. The number of carbonyl (C=O) groups excluding carboxylic acids is 1. The van der Waals surface area contributed by atoms with Gasteiger partial charge in [-0.1, -0.05) is 41.4 Å². The Morgan fingerprint density at radius 2 is 1.83 bits per heavy atom. The Labute approximate surface area is 183 Å². The number of aryl methyl sites for hydroxylation is 1. The molecule has 0 saturated carbocycles. The van der Waals surface area contributed by atoms with E-state index in [-0.39, 0.29) is 5.91 Å². The fourth-order valence-electron chi connectivity index (χ4n) is 3.92. The highest BCUT2D eigenvalue weighted by atomic mass is 35.5. The van der Waals surface area contributed by atoms with Gasteiger partial charge in [-0.25, -0.2) is 0 Å². The number of ether oxygens (including phenoxy) is 1. The number of nitrogens with one attached hydrogen (secondary N) is 1. The van der Waals surface area contributed by atoms with E-state index in [1.54, 1.807) is 18.2 Å². The predicted octanol–water partition coefficient (Wildman–Crippen LogP) is 4.99. The number of hydrogen-bond donors (Lipinski definition) is 1. The fraction of sp³-hybridized carbons (Fsp3) is 0.435. The normalized spacial score (nSPS) is 15.3. The fourth-order valence-corrected chi connectivity index (χ4v) is 4.22. The van der Waals surface area contributed by atoms with E-state index >= 15 is 0 Å². The van der Waals surface area contributed by atoms with Gasteiger partial charge < -0.3 is 14.5 Å². The molecule has 0 spiro atoms. The van der Waals surface area contributed by atoms with Crippen LogP contribution < -0.4 is 5.32 Å². The van der Waals surface area contributed by atoms with Gasteiger partial charge in [0, 0.05) is 30.5 Å². The third-order valence-electron chi connectivity index (χ3n) is 5.80. The molecular formula is C23H29Cl2N2O2+. The lowest BCUT2D eigenvalue weighted by Crippen LogP contribution is -2.50. The number of amides is 1. The largest absolute Gasteiger partial charge is 0.381 e. The second kappa shape index (κ2) is 9.48. The van der Waals surface area contributed by atoms with Crippen molar-refractivity contribution < 1.29 is 14.0 Å². The topological polar surface area (TPSA) is 38.3 Å². The van der Waals surface area contributed by atoms with Crippen molar-refractivity contribution in [3.63, 3.8) is 0 Å². The smallest absolute Gasteiger partial charge is 0.251 e. The zero-order valence-electron chi connectivity index (χ0n) is 17.3. The molecule has 0 aliphatic carbocycles. The zero-order valence-corrected chi connectivity index (χ0v) is 18.8. The van der Waals surface area contributed by atoms with Crippen LogP contribution in [0.4, 0.5) is 0 Å². The summed E-state index contributed by atoms with van der Waals surface area (Å²) in [6.07, 6.45) is 2.23. The van der Waals surface area contributed by atoms with Crippen molar-refractivity contribution in [3.05, 3.63) is 68.7 Å². The maximum absolute atomic E-state index is 12.4. The van der Waals surface area contributed by atoms with E-state index in [1.165, 1.54) is 11.1 Å². The first-order valence-corrected chi connectivity index (χ1v) is 10.7. The lowest BCUT2D eigenvalue weighted by atomic mass is 10.0. The Bertz CT molecular complexity index is 877. The molecule has 6 heteroatoms. The van der Waals surface area contributed by atoms with Crippen LogP contribution in [0, 0.1) is 6.92 Å². The van der Waals surface area contributed by atoms with Gasteiger partial charge in [-0.15, -0.1) is 0 Å². The van der Waals surface area contributed by atoms with Gasteiger partial charge in [-0.05, 0) is 36.2 Å². The summed E-state index contributed by atoms with van der Waals surface area (Å²) < 4.78 is 6.49. The molecule has 0 unspecified atom stereocenters. The number of benzene rings is 2. The minimum Gasteiger partial charge on any atom is -0.381 e. The third kappa shape index (κ3) is 5.73. The number of carbonyl (C=O) groups is 1. The van der Waals surface area contributed by atoms with Crippen LogP contribution in [-0.4, -0.2) is 43.7 Å². The summed E-state index contributed by atoms with van der Waals surface area (Å²) in [5, 5.41) is 3.77. The molecule has 1 heterocycles. The molecular weight excluding hydrogens is 407 g/mol. The molecule has 0 atom stereocenters. The molecule has 0 bridgehead atoms. The zero-order chi connectivity index (χ0) is 21.0. The van der Waals surface area contributed by atoms with Gasteiger partial charge in [0.2, 0.25) is 0 Å². The molecule has 2 aromatic rings. The lowest BCUT2D eigenvalue weighted by molar-refractivity contribution is -0.929. The van der Waals surface area contributed by atoms with Crippen molar-refractivity contribution in [2.45, 2.75) is 38.9 Å². The molecule has 4 nitrogen and oxygen atoms in total. The van der Waals surface area contributed by atoms with Crippen LogP contribution >= 0.6 is 23.2 Å². The highest BCUT2D eigenvalue weighted by molar-refractivity contribution is 6.42. The third-order valence-corrected chi connectivity index (χ3v) is 6.54. The van der Waals surface area contributed by atoms with Gasteiger partial charge >= 0.3 is 0 Å². The maximum atomic E-state index is 12.4. The van der Waals surface area contributed by atoms with Crippen LogP contribution in [0.15, 0.2) is 36.4 Å². The summed E-state index contributed by atoms with van der Waals surface area (Å²) in [7, 11) is 4.61. The van der Waals surface area contributed by atoms with Gasteiger partial charge in [-0.2, -0.15) is 0 Å². The Morgan fingerprint density at radius 3 is 2.48 bits per heavy atom. The van der Waals surface area contributed by atoms with Crippen molar-refractivity contribution in [2.24, 2.45) is 0 Å². The minimum atomic E-state index is -0.164. The number of halogens is 2. The number of rotatable bonds is 6. The predicted molar refractivity (Wildman–Crippen MR) is 118 cm³/mol. The Morgan fingerprint density at radius 1 is 1.10 bits per heavy atom. The quantitative estimate of drug-likeness (QED) is 0.649. The van der Waals surface area contributed by atoms with Crippen molar-refractivity contribution in [1.82, 2.24) is 5.32 Å². The van der Waals surface area contributed by atoms with Crippen LogP contribution in [0.3, 0.4) is 0 Å². The summed E-state index contributed by atoms with van der Waals surface area (Å²) in [5.74, 6) is -0.164. The molecule has 0 radical (unpaired) electrons. The number of nitrogens with zero attached hydrogens (tertiary/aromatic N) is 1. The molecule has 0 aromatic heterocycles. The molecule has 1 amide bonds. The molecule has 2 aromatic carbocycles. The van der Waals surface area contributed by atoms with Gasteiger partial charge in [0.25, 0.3) is 5.91 Å². The molecule has 1 N–H and O–H groups in total. The van der Waals surface area contributed by atoms with Crippen molar-refractivity contribution in [2.75, 3.05) is 27.3 Å². The van der Waals surface area contributed by atoms with E-state index in [2.05, 4.69) is 44.5 Å². The monoisotopic (exact) mass is 435 g/mol. The van der Waals surface area contributed by atoms with E-state index in [1.807, 2.05) is 0 Å². The Hall–Kier alpha value is -1.59. The van der Waals surface area contributed by atoms with Gasteiger partial charge in [0.1, 0.15) is 6.54 Å².